The summed E-state index contributed by atoms with van der Waals surface area (Å²) in [4.78, 5) is 0. The maximum Gasteiger partial charge on any atom is 0.417 e. The maximum absolute atomic E-state index is 12.1. The van der Waals surface area contributed by atoms with Gasteiger partial charge in [-0.15, -0.1) is 0 Å². The predicted molar refractivity (Wildman–Crippen MR) is 41.2 cm³/mol. The Hall–Kier alpha value is -0.700. The Kier molecular flexibility index (Phi) is 2.33. The van der Waals surface area contributed by atoms with Gasteiger partial charge in [-0.1, -0.05) is 17.7 Å². The topological polar surface area (TPSA) is 0 Å². The van der Waals surface area contributed by atoms with Crippen molar-refractivity contribution < 1.29 is 13.2 Å². The van der Waals surface area contributed by atoms with Crippen LogP contribution in [0, 0.1) is 6.92 Å². The fourth-order valence-corrected chi connectivity index (χ4v) is 1.19. The second-order valence-corrected chi connectivity index (χ2v) is 2.89. The number of benzene rings is 1. The summed E-state index contributed by atoms with van der Waals surface area (Å²) >= 11 is 5.39. The first kappa shape index (κ1) is 9.39. The summed E-state index contributed by atoms with van der Waals surface area (Å²) in [5.74, 6) is 0. The highest BCUT2D eigenvalue weighted by Crippen LogP contribution is 2.34. The molecule has 1 aromatic carbocycles. The van der Waals surface area contributed by atoms with E-state index in [2.05, 4.69) is 0 Å². The largest absolute Gasteiger partial charge is 0.417 e. The van der Waals surface area contributed by atoms with E-state index in [1.54, 1.807) is 6.92 Å². The predicted octanol–water partition coefficient (Wildman–Crippen LogP) is 3.67. The van der Waals surface area contributed by atoms with E-state index >= 15 is 0 Å². The van der Waals surface area contributed by atoms with Crippen molar-refractivity contribution in [2.75, 3.05) is 0 Å². The zero-order chi connectivity index (χ0) is 9.35. The SMILES string of the molecule is Cc1ccc(C(F)(F)F)c(Cl)c1. The molecule has 0 saturated carbocycles. The summed E-state index contributed by atoms with van der Waals surface area (Å²) in [6.07, 6.45) is -4.36. The standard InChI is InChI=1S/C8H6ClF3/c1-5-2-3-6(7(9)4-5)8(10,11)12/h2-4H,1H3. The van der Waals surface area contributed by atoms with E-state index < -0.39 is 11.7 Å². The molecule has 0 bridgehead atoms. The third-order valence-corrected chi connectivity index (χ3v) is 1.74. The highest BCUT2D eigenvalue weighted by Gasteiger charge is 2.32. The van der Waals surface area contributed by atoms with Crippen molar-refractivity contribution in [1.29, 1.82) is 0 Å². The Labute approximate surface area is 73.0 Å². The molecule has 0 aliphatic heterocycles. The van der Waals surface area contributed by atoms with Crippen LogP contribution in [0.4, 0.5) is 13.2 Å². The molecule has 4 heteroatoms. The van der Waals surface area contributed by atoms with Gasteiger partial charge in [-0.2, -0.15) is 13.2 Å². The highest BCUT2D eigenvalue weighted by atomic mass is 35.5. The van der Waals surface area contributed by atoms with Gasteiger partial charge >= 0.3 is 6.18 Å². The van der Waals surface area contributed by atoms with Gasteiger partial charge in [-0.25, -0.2) is 0 Å². The van der Waals surface area contributed by atoms with E-state index in [1.165, 1.54) is 12.1 Å². The van der Waals surface area contributed by atoms with Crippen LogP contribution in [0.5, 0.6) is 0 Å². The Morgan fingerprint density at radius 3 is 2.25 bits per heavy atom. The maximum atomic E-state index is 12.1. The number of hydrogen-bond acceptors (Lipinski definition) is 0. The number of rotatable bonds is 0. The molecule has 66 valence electrons. The third kappa shape index (κ3) is 1.91. The lowest BCUT2D eigenvalue weighted by Gasteiger charge is -2.08. The second-order valence-electron chi connectivity index (χ2n) is 2.48. The summed E-state index contributed by atoms with van der Waals surface area (Å²) in [6.45, 7) is 1.69. The van der Waals surface area contributed by atoms with Gasteiger partial charge in [0.2, 0.25) is 0 Å². The van der Waals surface area contributed by atoms with Gasteiger partial charge in [0.25, 0.3) is 0 Å². The minimum atomic E-state index is -4.36. The molecule has 0 radical (unpaired) electrons. The van der Waals surface area contributed by atoms with Crippen LogP contribution < -0.4 is 0 Å². The molecule has 0 spiro atoms. The average molecular weight is 195 g/mol. The third-order valence-electron chi connectivity index (χ3n) is 1.43. The summed E-state index contributed by atoms with van der Waals surface area (Å²) in [6, 6.07) is 3.66. The van der Waals surface area contributed by atoms with Crippen molar-refractivity contribution in [2.45, 2.75) is 13.1 Å². The summed E-state index contributed by atoms with van der Waals surface area (Å²) in [5, 5.41) is -0.248. The first-order chi connectivity index (χ1) is 5.41. The van der Waals surface area contributed by atoms with Gasteiger partial charge in [0, 0.05) is 0 Å². The van der Waals surface area contributed by atoms with Crippen molar-refractivity contribution in [3.8, 4) is 0 Å². The molecule has 0 saturated heterocycles. The number of hydrogen-bond donors (Lipinski definition) is 0. The number of alkyl halides is 3. The van der Waals surface area contributed by atoms with Crippen molar-refractivity contribution in [3.63, 3.8) is 0 Å². The minimum Gasteiger partial charge on any atom is -0.166 e. The van der Waals surface area contributed by atoms with E-state index in [0.717, 1.165) is 6.07 Å². The Morgan fingerprint density at radius 2 is 1.83 bits per heavy atom. The number of halogens is 4. The van der Waals surface area contributed by atoms with Gasteiger partial charge in [0.1, 0.15) is 0 Å². The smallest absolute Gasteiger partial charge is 0.166 e. The molecule has 0 aromatic heterocycles. The van der Waals surface area contributed by atoms with Crippen LogP contribution >= 0.6 is 11.6 Å². The van der Waals surface area contributed by atoms with Crippen LogP contribution in [-0.2, 0) is 6.18 Å². The van der Waals surface area contributed by atoms with E-state index in [0.29, 0.717) is 5.56 Å². The van der Waals surface area contributed by atoms with Crippen LogP contribution in [0.15, 0.2) is 18.2 Å². The highest BCUT2D eigenvalue weighted by molar-refractivity contribution is 6.31. The molecular formula is C8H6ClF3. The van der Waals surface area contributed by atoms with Gasteiger partial charge in [-0.05, 0) is 24.6 Å². The van der Waals surface area contributed by atoms with Crippen molar-refractivity contribution in [3.05, 3.63) is 34.3 Å². The molecule has 0 amide bonds. The molecule has 0 atom stereocenters. The lowest BCUT2D eigenvalue weighted by atomic mass is 10.1. The Morgan fingerprint density at radius 1 is 1.25 bits per heavy atom. The zero-order valence-electron chi connectivity index (χ0n) is 6.24. The first-order valence-electron chi connectivity index (χ1n) is 3.24. The van der Waals surface area contributed by atoms with Crippen LogP contribution in [0.3, 0.4) is 0 Å². The van der Waals surface area contributed by atoms with Gasteiger partial charge in [-0.3, -0.25) is 0 Å². The molecular weight excluding hydrogens is 189 g/mol. The van der Waals surface area contributed by atoms with Gasteiger partial charge in [0.05, 0.1) is 10.6 Å². The van der Waals surface area contributed by atoms with Gasteiger partial charge < -0.3 is 0 Å². The molecule has 0 aliphatic carbocycles. The van der Waals surface area contributed by atoms with Crippen molar-refractivity contribution >= 4 is 11.6 Å². The molecule has 12 heavy (non-hydrogen) atoms. The summed E-state index contributed by atoms with van der Waals surface area (Å²) in [7, 11) is 0. The molecule has 1 aromatic rings. The van der Waals surface area contributed by atoms with E-state index in [4.69, 9.17) is 11.6 Å². The number of aryl methyl sites for hydroxylation is 1. The molecule has 0 heterocycles. The molecule has 0 fully saturated rings. The van der Waals surface area contributed by atoms with Crippen LogP contribution in [0.2, 0.25) is 5.02 Å². The molecule has 0 aliphatic rings. The Balaban J connectivity index is 3.19. The molecule has 0 unspecified atom stereocenters. The van der Waals surface area contributed by atoms with E-state index in [9.17, 15) is 13.2 Å². The quantitative estimate of drug-likeness (QED) is 0.591. The first-order valence-corrected chi connectivity index (χ1v) is 3.62. The van der Waals surface area contributed by atoms with E-state index in [1.807, 2.05) is 0 Å². The fourth-order valence-electron chi connectivity index (χ4n) is 0.850. The second kappa shape index (κ2) is 2.98. The Bertz CT molecular complexity index is 291. The van der Waals surface area contributed by atoms with Crippen LogP contribution in [0.25, 0.3) is 0 Å². The summed E-state index contributed by atoms with van der Waals surface area (Å²) in [5.41, 5.74) is -0.0669. The van der Waals surface area contributed by atoms with Crippen molar-refractivity contribution in [2.24, 2.45) is 0 Å². The lowest BCUT2D eigenvalue weighted by molar-refractivity contribution is -0.137. The monoisotopic (exact) mass is 194 g/mol. The molecule has 0 nitrogen and oxygen atoms in total. The zero-order valence-corrected chi connectivity index (χ0v) is 7.00. The normalized spacial score (nSPS) is 11.8. The fraction of sp³-hybridized carbons (Fsp3) is 0.250. The van der Waals surface area contributed by atoms with Crippen molar-refractivity contribution in [1.82, 2.24) is 0 Å². The van der Waals surface area contributed by atoms with Crippen LogP contribution in [0.1, 0.15) is 11.1 Å². The minimum absolute atomic E-state index is 0.248. The molecule has 1 rings (SSSR count). The van der Waals surface area contributed by atoms with Gasteiger partial charge in [0.15, 0.2) is 0 Å². The average Bonchev–Trinajstić information content (AvgIpc) is 1.83. The van der Waals surface area contributed by atoms with E-state index in [-0.39, 0.29) is 5.02 Å². The lowest BCUT2D eigenvalue weighted by Crippen LogP contribution is -2.05. The summed E-state index contributed by atoms with van der Waals surface area (Å²) < 4.78 is 36.3. The van der Waals surface area contributed by atoms with Crippen LogP contribution in [-0.4, -0.2) is 0 Å². The molecule has 0 N–H and O–H groups in total.